The van der Waals surface area contributed by atoms with E-state index in [0.717, 1.165) is 64.1 Å². The molecular formula is C21H36ClN5O2. The number of halogens is 1. The summed E-state index contributed by atoms with van der Waals surface area (Å²) in [6.45, 7) is 7.73. The van der Waals surface area contributed by atoms with Crippen molar-refractivity contribution in [2.45, 2.75) is 64.7 Å². The fourth-order valence-corrected chi connectivity index (χ4v) is 3.69. The molecule has 0 unspecified atom stereocenters. The third kappa shape index (κ3) is 9.17. The molecule has 8 heteroatoms. The Morgan fingerprint density at radius 2 is 1.76 bits per heavy atom. The maximum absolute atomic E-state index is 11.5. The summed E-state index contributed by atoms with van der Waals surface area (Å²) in [5.41, 5.74) is 6.82. The Morgan fingerprint density at radius 3 is 2.48 bits per heavy atom. The van der Waals surface area contributed by atoms with Crippen molar-refractivity contribution >= 4 is 29.1 Å². The molecule has 29 heavy (non-hydrogen) atoms. The minimum atomic E-state index is -0.0378. The highest BCUT2D eigenvalue weighted by molar-refractivity contribution is 6.29. The molecular weight excluding hydrogens is 390 g/mol. The van der Waals surface area contributed by atoms with E-state index in [-0.39, 0.29) is 5.97 Å². The van der Waals surface area contributed by atoms with Gasteiger partial charge in [-0.05, 0) is 25.8 Å². The molecule has 7 nitrogen and oxygen atoms in total. The fraction of sp³-hybridized carbons (Fsp3) is 0.762. The van der Waals surface area contributed by atoms with Gasteiger partial charge in [0.1, 0.15) is 0 Å². The first kappa shape index (κ1) is 23.7. The quantitative estimate of drug-likeness (QED) is 0.378. The molecule has 2 heterocycles. The molecule has 0 bridgehead atoms. The van der Waals surface area contributed by atoms with Gasteiger partial charge in [0, 0.05) is 38.7 Å². The molecule has 0 radical (unpaired) electrons. The monoisotopic (exact) mass is 425 g/mol. The Bertz CT molecular complexity index is 609. The first-order valence-electron chi connectivity index (χ1n) is 11.0. The lowest BCUT2D eigenvalue weighted by atomic mass is 10.1. The number of rotatable bonds is 13. The second-order valence-electron chi connectivity index (χ2n) is 7.71. The highest BCUT2D eigenvalue weighted by Gasteiger charge is 2.19. The van der Waals surface area contributed by atoms with Gasteiger partial charge in [0.2, 0.25) is 0 Å². The van der Waals surface area contributed by atoms with Gasteiger partial charge in [-0.15, -0.1) is 10.2 Å². The van der Waals surface area contributed by atoms with Crippen molar-refractivity contribution in [2.75, 3.05) is 50.0 Å². The maximum Gasteiger partial charge on any atom is 0.305 e. The van der Waals surface area contributed by atoms with Crippen LogP contribution in [0.2, 0.25) is 5.15 Å². The van der Waals surface area contributed by atoms with E-state index in [9.17, 15) is 4.79 Å². The summed E-state index contributed by atoms with van der Waals surface area (Å²) >= 11 is 5.95. The predicted octanol–water partition coefficient (Wildman–Crippen LogP) is 3.91. The minimum absolute atomic E-state index is 0.0378. The van der Waals surface area contributed by atoms with Crippen molar-refractivity contribution in [3.8, 4) is 0 Å². The molecule has 0 aromatic carbocycles. The summed E-state index contributed by atoms with van der Waals surface area (Å²) in [5.74, 6) is 0.404. The third-order valence-electron chi connectivity index (χ3n) is 5.35. The van der Waals surface area contributed by atoms with E-state index in [1.165, 1.54) is 25.7 Å². The van der Waals surface area contributed by atoms with Gasteiger partial charge in [-0.1, -0.05) is 50.6 Å². The van der Waals surface area contributed by atoms with Gasteiger partial charge in [0.15, 0.2) is 11.0 Å². The van der Waals surface area contributed by atoms with E-state index < -0.39 is 0 Å². The van der Waals surface area contributed by atoms with Gasteiger partial charge in [-0.3, -0.25) is 9.69 Å². The number of ether oxygens (including phenoxy) is 1. The number of nitrogens with zero attached hydrogens (tertiary/aromatic N) is 4. The molecule has 1 fully saturated rings. The zero-order valence-electron chi connectivity index (χ0n) is 17.7. The Kier molecular flexibility index (Phi) is 11.1. The van der Waals surface area contributed by atoms with Gasteiger partial charge >= 0.3 is 5.97 Å². The van der Waals surface area contributed by atoms with Crippen LogP contribution >= 0.6 is 11.6 Å². The Morgan fingerprint density at radius 1 is 1.07 bits per heavy atom. The van der Waals surface area contributed by atoms with Crippen molar-refractivity contribution in [2.24, 2.45) is 0 Å². The topological polar surface area (TPSA) is 84.6 Å². The molecule has 0 aliphatic carbocycles. The number of hydrogen-bond donors (Lipinski definition) is 1. The lowest BCUT2D eigenvalue weighted by molar-refractivity contribution is -0.143. The summed E-state index contributed by atoms with van der Waals surface area (Å²) in [4.78, 5) is 16.3. The van der Waals surface area contributed by atoms with Gasteiger partial charge in [-0.25, -0.2) is 0 Å². The van der Waals surface area contributed by atoms with Gasteiger partial charge in [-0.2, -0.15) is 0 Å². The fourth-order valence-electron chi connectivity index (χ4n) is 3.55. The standard InChI is InChI=1S/C21H36ClN5O2/c1-2-3-16-29-20(28)10-8-6-4-5-7-9-11-26-12-14-27(15-13-26)18-17-19(22)24-25-21(18)23/h17H,2-16H2,1H3,(H2,23,25). The van der Waals surface area contributed by atoms with Crippen LogP contribution in [0.15, 0.2) is 6.07 Å². The Balaban J connectivity index is 1.47. The van der Waals surface area contributed by atoms with Gasteiger partial charge in [0.25, 0.3) is 0 Å². The highest BCUT2D eigenvalue weighted by atomic mass is 35.5. The van der Waals surface area contributed by atoms with E-state index in [2.05, 4.69) is 26.9 Å². The summed E-state index contributed by atoms with van der Waals surface area (Å²) in [5, 5.41) is 8.06. The number of hydrogen-bond acceptors (Lipinski definition) is 7. The third-order valence-corrected chi connectivity index (χ3v) is 5.54. The number of carbonyl (C=O) groups excluding carboxylic acids is 1. The average Bonchev–Trinajstić information content (AvgIpc) is 2.72. The SMILES string of the molecule is CCCCOC(=O)CCCCCCCCN1CCN(c2cc(Cl)nnc2N)CC1. The molecule has 1 aromatic rings. The molecule has 1 saturated heterocycles. The van der Waals surface area contributed by atoms with Crippen LogP contribution in [0.1, 0.15) is 64.7 Å². The summed E-state index contributed by atoms with van der Waals surface area (Å²) in [6.07, 6.45) is 9.57. The van der Waals surface area contributed by atoms with Crippen molar-refractivity contribution < 1.29 is 9.53 Å². The van der Waals surface area contributed by atoms with Crippen molar-refractivity contribution in [1.29, 1.82) is 0 Å². The van der Waals surface area contributed by atoms with Crippen molar-refractivity contribution in [3.05, 3.63) is 11.2 Å². The molecule has 2 rings (SSSR count). The number of nitrogens with two attached hydrogens (primary N) is 1. The molecule has 1 aliphatic heterocycles. The van der Waals surface area contributed by atoms with Crippen LogP contribution in [0.3, 0.4) is 0 Å². The molecule has 0 amide bonds. The van der Waals surface area contributed by atoms with Crippen LogP contribution in [0.4, 0.5) is 11.5 Å². The molecule has 1 aromatic heterocycles. The largest absolute Gasteiger partial charge is 0.466 e. The number of anilines is 2. The number of nitrogen functional groups attached to an aromatic ring is 1. The van der Waals surface area contributed by atoms with Crippen LogP contribution in [0, 0.1) is 0 Å². The van der Waals surface area contributed by atoms with Crippen LogP contribution in [-0.4, -0.2) is 60.4 Å². The van der Waals surface area contributed by atoms with Crippen LogP contribution in [0.25, 0.3) is 0 Å². The predicted molar refractivity (Wildman–Crippen MR) is 118 cm³/mol. The molecule has 164 valence electrons. The number of aromatic nitrogens is 2. The lowest BCUT2D eigenvalue weighted by Crippen LogP contribution is -2.46. The van der Waals surface area contributed by atoms with E-state index >= 15 is 0 Å². The first-order valence-corrected chi connectivity index (χ1v) is 11.4. The van der Waals surface area contributed by atoms with E-state index in [1.54, 1.807) is 6.07 Å². The minimum Gasteiger partial charge on any atom is -0.466 e. The first-order chi connectivity index (χ1) is 14.1. The second-order valence-corrected chi connectivity index (χ2v) is 8.10. The molecule has 0 atom stereocenters. The zero-order valence-corrected chi connectivity index (χ0v) is 18.5. The lowest BCUT2D eigenvalue weighted by Gasteiger charge is -2.36. The van der Waals surface area contributed by atoms with Crippen molar-refractivity contribution in [1.82, 2.24) is 15.1 Å². The molecule has 0 saturated carbocycles. The van der Waals surface area contributed by atoms with E-state index in [4.69, 9.17) is 22.1 Å². The van der Waals surface area contributed by atoms with Gasteiger partial charge in [0.05, 0.1) is 12.3 Å². The Hall–Kier alpha value is -1.60. The number of carbonyl (C=O) groups is 1. The molecule has 1 aliphatic rings. The normalized spacial score (nSPS) is 14.9. The second kappa shape index (κ2) is 13.6. The average molecular weight is 426 g/mol. The number of piperazine rings is 1. The van der Waals surface area contributed by atoms with Crippen LogP contribution in [0.5, 0.6) is 0 Å². The van der Waals surface area contributed by atoms with Gasteiger partial charge < -0.3 is 15.4 Å². The summed E-state index contributed by atoms with van der Waals surface area (Å²) in [6, 6.07) is 1.80. The van der Waals surface area contributed by atoms with E-state index in [0.29, 0.717) is 24.0 Å². The number of esters is 1. The van der Waals surface area contributed by atoms with Crippen molar-refractivity contribution in [3.63, 3.8) is 0 Å². The smallest absolute Gasteiger partial charge is 0.305 e. The van der Waals surface area contributed by atoms with E-state index in [1.807, 2.05) is 0 Å². The maximum atomic E-state index is 11.5. The molecule has 0 spiro atoms. The Labute approximate surface area is 179 Å². The highest BCUT2D eigenvalue weighted by Crippen LogP contribution is 2.24. The summed E-state index contributed by atoms with van der Waals surface area (Å²) in [7, 11) is 0. The summed E-state index contributed by atoms with van der Waals surface area (Å²) < 4.78 is 5.17. The van der Waals surface area contributed by atoms with Crippen LogP contribution < -0.4 is 10.6 Å². The molecule has 2 N–H and O–H groups in total. The number of unbranched alkanes of at least 4 members (excludes halogenated alkanes) is 6. The zero-order chi connectivity index (χ0) is 20.9. The van der Waals surface area contributed by atoms with Crippen LogP contribution in [-0.2, 0) is 9.53 Å².